The van der Waals surface area contributed by atoms with Gasteiger partial charge in [-0.3, -0.25) is 0 Å². The van der Waals surface area contributed by atoms with Gasteiger partial charge in [0.15, 0.2) is 4.90 Å². The normalized spacial score (nSPS) is 12.4. The van der Waals surface area contributed by atoms with Crippen molar-refractivity contribution in [2.24, 2.45) is 0 Å². The van der Waals surface area contributed by atoms with Gasteiger partial charge >= 0.3 is 0 Å². The highest BCUT2D eigenvalue weighted by atomic mass is 32.2. The highest BCUT2D eigenvalue weighted by molar-refractivity contribution is 7.95. The molecule has 0 aliphatic carbocycles. The number of benzene rings is 2. The first-order valence-electron chi connectivity index (χ1n) is 5.63. The molecule has 2 rings (SSSR count). The summed E-state index contributed by atoms with van der Waals surface area (Å²) in [5.41, 5.74) is 2.32. The van der Waals surface area contributed by atoms with Crippen molar-refractivity contribution >= 4 is 10.9 Å². The first-order chi connectivity index (χ1) is 8.16. The molecule has 0 radical (unpaired) electrons. The van der Waals surface area contributed by atoms with Crippen LogP contribution in [0, 0.1) is 6.92 Å². The Hall–Kier alpha value is -1.41. The molecule has 0 bridgehead atoms. The number of rotatable bonds is 3. The third-order valence-corrected chi connectivity index (χ3v) is 4.62. The van der Waals surface area contributed by atoms with E-state index in [1.54, 1.807) is 6.07 Å². The Labute approximate surface area is 105 Å². The predicted molar refractivity (Wildman–Crippen MR) is 74.5 cm³/mol. The predicted octanol–water partition coefficient (Wildman–Crippen LogP) is 3.51. The van der Waals surface area contributed by atoms with E-state index in [-0.39, 0.29) is 10.9 Å². The fourth-order valence-electron chi connectivity index (χ4n) is 1.75. The molecule has 0 amide bonds. The molecule has 2 aromatic carbocycles. The van der Waals surface area contributed by atoms with E-state index in [0.717, 1.165) is 11.3 Å². The fourth-order valence-corrected chi connectivity index (χ4v) is 3.29. The fraction of sp³-hybridized carbons (Fsp3) is 0.200. The lowest BCUT2D eigenvalue weighted by Crippen LogP contribution is -2.03. The topological polar surface area (TPSA) is 20.2 Å². The van der Waals surface area contributed by atoms with Gasteiger partial charge in [0.2, 0.25) is 0 Å². The van der Waals surface area contributed by atoms with Crippen LogP contribution in [0.2, 0.25) is 0 Å². The molecule has 0 spiro atoms. The zero-order chi connectivity index (χ0) is 12.3. The Morgan fingerprint density at radius 2 is 1.76 bits per heavy atom. The van der Waals surface area contributed by atoms with Gasteiger partial charge in [-0.2, -0.15) is 0 Å². The van der Waals surface area contributed by atoms with E-state index in [2.05, 4.69) is 36.6 Å². The zero-order valence-corrected chi connectivity index (χ0v) is 11.0. The lowest BCUT2D eigenvalue weighted by molar-refractivity contribution is 0.470. The second-order valence-corrected chi connectivity index (χ2v) is 6.25. The number of hydrogen-bond acceptors (Lipinski definition) is 1. The maximum Gasteiger partial charge on any atom is 0.155 e. The lowest BCUT2D eigenvalue weighted by Gasteiger charge is -2.05. The van der Waals surface area contributed by atoms with Crippen LogP contribution in [0.4, 0.5) is 0 Å². The van der Waals surface area contributed by atoms with Crippen LogP contribution >= 0.6 is 0 Å². The molecule has 1 unspecified atom stereocenters. The van der Waals surface area contributed by atoms with Crippen LogP contribution in [0.1, 0.15) is 11.1 Å². The summed E-state index contributed by atoms with van der Waals surface area (Å²) in [4.78, 5) is 1.31. The smallest absolute Gasteiger partial charge is 0.155 e. The molecule has 0 aliphatic heterocycles. The quantitative estimate of drug-likeness (QED) is 0.820. The number of aryl methyl sites for hydroxylation is 1. The standard InChI is InChI=1S/C15H16OS/c1-12-10-14(8-9-15(12)16)17(2)11-13-6-4-3-5-7-13/h3-10H,11H2,1-2H3/p+1. The Morgan fingerprint density at radius 1 is 1.06 bits per heavy atom. The molecule has 1 nitrogen and oxygen atoms in total. The summed E-state index contributed by atoms with van der Waals surface area (Å²) in [5, 5.41) is 9.52. The van der Waals surface area contributed by atoms with E-state index in [4.69, 9.17) is 0 Å². The summed E-state index contributed by atoms with van der Waals surface area (Å²) in [5.74, 6) is 1.44. The van der Waals surface area contributed by atoms with Gasteiger partial charge in [-0.1, -0.05) is 30.3 Å². The van der Waals surface area contributed by atoms with E-state index < -0.39 is 0 Å². The van der Waals surface area contributed by atoms with Crippen molar-refractivity contribution in [1.82, 2.24) is 0 Å². The third kappa shape index (κ3) is 3.04. The molecule has 2 aromatic rings. The van der Waals surface area contributed by atoms with E-state index in [9.17, 15) is 5.11 Å². The largest absolute Gasteiger partial charge is 0.508 e. The number of hydrogen-bond donors (Lipinski definition) is 1. The van der Waals surface area contributed by atoms with Crippen LogP contribution in [0.15, 0.2) is 53.4 Å². The van der Waals surface area contributed by atoms with Gasteiger partial charge in [0, 0.05) is 16.5 Å². The molecule has 0 saturated carbocycles. The van der Waals surface area contributed by atoms with Gasteiger partial charge in [-0.05, 0) is 30.7 Å². The molecule has 0 aliphatic rings. The molecule has 1 atom stereocenters. The molecule has 0 fully saturated rings. The Balaban J connectivity index is 2.14. The number of phenols is 1. The Morgan fingerprint density at radius 3 is 2.41 bits per heavy atom. The van der Waals surface area contributed by atoms with Gasteiger partial charge in [0.05, 0.1) is 0 Å². The average molecular weight is 245 g/mol. The SMILES string of the molecule is Cc1cc([S+](C)Cc2ccccc2)ccc1O. The molecule has 0 saturated heterocycles. The zero-order valence-electron chi connectivity index (χ0n) is 10.2. The highest BCUT2D eigenvalue weighted by Gasteiger charge is 2.16. The molecule has 0 aromatic heterocycles. The summed E-state index contributed by atoms with van der Waals surface area (Å²) in [7, 11) is 0.186. The number of phenolic OH excluding ortho intramolecular Hbond substituents is 1. The third-order valence-electron chi connectivity index (χ3n) is 2.80. The number of aromatic hydroxyl groups is 1. The van der Waals surface area contributed by atoms with Crippen molar-refractivity contribution in [3.8, 4) is 5.75 Å². The maximum absolute atomic E-state index is 9.52. The van der Waals surface area contributed by atoms with Crippen molar-refractivity contribution in [3.05, 3.63) is 59.7 Å². The van der Waals surface area contributed by atoms with Crippen LogP contribution in [0.5, 0.6) is 5.75 Å². The van der Waals surface area contributed by atoms with Gasteiger partial charge in [-0.15, -0.1) is 0 Å². The van der Waals surface area contributed by atoms with Crippen molar-refractivity contribution < 1.29 is 5.11 Å². The molecule has 1 N–H and O–H groups in total. The second kappa shape index (κ2) is 5.28. The van der Waals surface area contributed by atoms with E-state index in [1.165, 1.54) is 10.5 Å². The van der Waals surface area contributed by atoms with Crippen LogP contribution in [-0.2, 0) is 16.6 Å². The molecular formula is C15H17OS+. The maximum atomic E-state index is 9.52. The molecule has 17 heavy (non-hydrogen) atoms. The minimum Gasteiger partial charge on any atom is -0.508 e. The van der Waals surface area contributed by atoms with Crippen molar-refractivity contribution in [2.45, 2.75) is 17.6 Å². The van der Waals surface area contributed by atoms with E-state index in [0.29, 0.717) is 5.75 Å². The van der Waals surface area contributed by atoms with Crippen LogP contribution in [-0.4, -0.2) is 11.4 Å². The molecule has 2 heteroatoms. The first kappa shape index (κ1) is 12.1. The highest BCUT2D eigenvalue weighted by Crippen LogP contribution is 2.23. The summed E-state index contributed by atoms with van der Waals surface area (Å²) < 4.78 is 0. The van der Waals surface area contributed by atoms with Crippen molar-refractivity contribution in [3.63, 3.8) is 0 Å². The monoisotopic (exact) mass is 245 g/mol. The molecular weight excluding hydrogens is 228 g/mol. The van der Waals surface area contributed by atoms with E-state index in [1.807, 2.05) is 19.1 Å². The second-order valence-electron chi connectivity index (χ2n) is 4.22. The summed E-state index contributed by atoms with van der Waals surface area (Å²) in [6, 6.07) is 16.4. The Kier molecular flexibility index (Phi) is 3.75. The van der Waals surface area contributed by atoms with Crippen LogP contribution in [0.25, 0.3) is 0 Å². The van der Waals surface area contributed by atoms with Gasteiger partial charge in [0.1, 0.15) is 17.8 Å². The Bertz CT molecular complexity index is 494. The minimum atomic E-state index is 0.186. The summed E-state index contributed by atoms with van der Waals surface area (Å²) in [6.45, 7) is 1.94. The van der Waals surface area contributed by atoms with Crippen molar-refractivity contribution in [1.29, 1.82) is 0 Å². The molecule has 88 valence electrons. The molecule has 0 heterocycles. The summed E-state index contributed by atoms with van der Waals surface area (Å²) >= 11 is 0. The first-order valence-corrected chi connectivity index (χ1v) is 7.43. The van der Waals surface area contributed by atoms with Gasteiger partial charge in [0.25, 0.3) is 0 Å². The van der Waals surface area contributed by atoms with Crippen molar-refractivity contribution in [2.75, 3.05) is 6.26 Å². The van der Waals surface area contributed by atoms with Crippen LogP contribution < -0.4 is 0 Å². The van der Waals surface area contributed by atoms with E-state index >= 15 is 0 Å². The van der Waals surface area contributed by atoms with Gasteiger partial charge in [-0.25, -0.2) is 0 Å². The summed E-state index contributed by atoms with van der Waals surface area (Å²) in [6.07, 6.45) is 2.25. The van der Waals surface area contributed by atoms with Gasteiger partial charge < -0.3 is 5.11 Å². The minimum absolute atomic E-state index is 0.186. The average Bonchev–Trinajstić information content (AvgIpc) is 2.34. The lowest BCUT2D eigenvalue weighted by atomic mass is 10.2. The van der Waals surface area contributed by atoms with Crippen LogP contribution in [0.3, 0.4) is 0 Å².